The van der Waals surface area contributed by atoms with Crippen LogP contribution < -0.4 is 0 Å². The Kier molecular flexibility index (Phi) is 11.3. The lowest BCUT2D eigenvalue weighted by atomic mass is 9.83. The van der Waals surface area contributed by atoms with Gasteiger partial charge in [-0.3, -0.25) is 4.79 Å². The van der Waals surface area contributed by atoms with Crippen LogP contribution in [0.5, 0.6) is 0 Å². The lowest BCUT2D eigenvalue weighted by Gasteiger charge is -2.24. The van der Waals surface area contributed by atoms with Crippen LogP contribution in [0.1, 0.15) is 81.6 Å². The van der Waals surface area contributed by atoms with Crippen LogP contribution in [0.15, 0.2) is 24.3 Å². The molecule has 0 bridgehead atoms. The summed E-state index contributed by atoms with van der Waals surface area (Å²) in [5.74, 6) is -4.92. The molecule has 2 aromatic rings. The van der Waals surface area contributed by atoms with E-state index in [1.165, 1.54) is 26.0 Å². The third-order valence-corrected chi connectivity index (χ3v) is 5.41. The Hall–Kier alpha value is -3.92. The van der Waals surface area contributed by atoms with Gasteiger partial charge in [-0.1, -0.05) is 29.8 Å². The molecule has 0 aliphatic carbocycles. The second kappa shape index (κ2) is 14.1. The van der Waals surface area contributed by atoms with E-state index >= 15 is 0 Å². The minimum Gasteiger partial charge on any atom is -0.462 e. The average molecular weight is 549 g/mol. The Morgan fingerprint density at radius 2 is 1.05 bits per heavy atom. The van der Waals surface area contributed by atoms with E-state index < -0.39 is 58.7 Å². The number of halogens is 1. The Balaban J connectivity index is 3.34. The summed E-state index contributed by atoms with van der Waals surface area (Å²) < 4.78 is 26.1. The number of carbonyl (C=O) groups is 5. The first-order valence-electron chi connectivity index (χ1n) is 11.9. The van der Waals surface area contributed by atoms with E-state index in [1.807, 2.05) is 0 Å². The van der Waals surface area contributed by atoms with E-state index in [1.54, 1.807) is 26.0 Å². The fourth-order valence-corrected chi connectivity index (χ4v) is 3.96. The van der Waals surface area contributed by atoms with Crippen LogP contribution in [-0.4, -0.2) is 56.3 Å². The average Bonchev–Trinajstić information content (AvgIpc) is 2.86. The Morgan fingerprint density at radius 3 is 1.50 bits per heavy atom. The number of rotatable bonds is 11. The highest BCUT2D eigenvalue weighted by molar-refractivity contribution is 6.34. The third kappa shape index (κ3) is 6.69. The number of hydrogen-bond donors (Lipinski definition) is 0. The number of carbonyl (C=O) groups excluding carboxylic acids is 5. The molecule has 0 amide bonds. The minimum absolute atomic E-state index is 0.0607. The Morgan fingerprint density at radius 1 is 0.632 bits per heavy atom. The van der Waals surface area contributed by atoms with Gasteiger partial charge in [-0.05, 0) is 33.8 Å². The number of ether oxygens (including phenoxy) is 5. The maximum Gasteiger partial charge on any atom is 0.339 e. The van der Waals surface area contributed by atoms with Gasteiger partial charge in [-0.15, -0.1) is 0 Å². The van der Waals surface area contributed by atoms with E-state index in [-0.39, 0.29) is 48.1 Å². The summed E-state index contributed by atoms with van der Waals surface area (Å²) >= 11 is 6.50. The molecule has 0 radical (unpaired) electrons. The van der Waals surface area contributed by atoms with Crippen LogP contribution in [0.2, 0.25) is 5.02 Å². The molecule has 10 nitrogen and oxygen atoms in total. The zero-order valence-electron chi connectivity index (χ0n) is 21.8. The van der Waals surface area contributed by atoms with E-state index in [4.69, 9.17) is 35.3 Å². The highest BCUT2D eigenvalue weighted by Crippen LogP contribution is 2.41. The third-order valence-electron chi connectivity index (χ3n) is 5.08. The van der Waals surface area contributed by atoms with Gasteiger partial charge in [-0.2, -0.15) is 0 Å². The highest BCUT2D eigenvalue weighted by Gasteiger charge is 2.39. The van der Waals surface area contributed by atoms with Crippen molar-refractivity contribution in [2.75, 3.05) is 26.4 Å². The molecule has 38 heavy (non-hydrogen) atoms. The van der Waals surface area contributed by atoms with Crippen LogP contribution in [0.4, 0.5) is 0 Å². The molecule has 0 unspecified atom stereocenters. The molecule has 2 aromatic carbocycles. The fourth-order valence-electron chi connectivity index (χ4n) is 3.73. The van der Waals surface area contributed by atoms with Crippen molar-refractivity contribution in [2.45, 2.75) is 41.2 Å². The smallest absolute Gasteiger partial charge is 0.339 e. The summed E-state index contributed by atoms with van der Waals surface area (Å²) in [5, 5.41) is 0.135. The molecule has 0 atom stereocenters. The van der Waals surface area contributed by atoms with E-state index in [2.05, 4.69) is 0 Å². The normalized spacial score (nSPS) is 10.4. The quantitative estimate of drug-likeness (QED) is 0.285. The van der Waals surface area contributed by atoms with Crippen LogP contribution >= 0.6 is 11.6 Å². The summed E-state index contributed by atoms with van der Waals surface area (Å²) in [4.78, 5) is 65.3. The first-order chi connectivity index (χ1) is 18.1. The molecular weight excluding hydrogens is 520 g/mol. The molecule has 204 valence electrons. The second-order valence-corrected chi connectivity index (χ2v) is 7.90. The van der Waals surface area contributed by atoms with E-state index in [0.29, 0.717) is 0 Å². The molecule has 0 N–H and O–H groups in total. The second-order valence-electron chi connectivity index (χ2n) is 7.50. The van der Waals surface area contributed by atoms with Crippen molar-refractivity contribution < 1.29 is 47.7 Å². The minimum atomic E-state index is -1.10. The van der Waals surface area contributed by atoms with Gasteiger partial charge in [0, 0.05) is 28.6 Å². The van der Waals surface area contributed by atoms with Crippen LogP contribution in [0.25, 0.3) is 11.1 Å². The van der Waals surface area contributed by atoms with Crippen molar-refractivity contribution in [3.8, 4) is 11.1 Å². The maximum atomic E-state index is 13.5. The first-order valence-corrected chi connectivity index (χ1v) is 12.3. The zero-order valence-corrected chi connectivity index (χ0v) is 22.6. The molecule has 0 saturated heterocycles. The lowest BCUT2D eigenvalue weighted by molar-refractivity contribution is -0.142. The first kappa shape index (κ1) is 30.3. The van der Waals surface area contributed by atoms with Crippen LogP contribution in [0, 0.1) is 0 Å². The molecule has 0 aliphatic heterocycles. The van der Waals surface area contributed by atoms with Gasteiger partial charge in [0.2, 0.25) is 0 Å². The van der Waals surface area contributed by atoms with Crippen molar-refractivity contribution in [3.63, 3.8) is 0 Å². The summed E-state index contributed by atoms with van der Waals surface area (Å²) in [6.45, 7) is 6.30. The molecule has 0 fully saturated rings. The van der Waals surface area contributed by atoms with E-state index in [9.17, 15) is 24.0 Å². The number of esters is 5. The zero-order chi connectivity index (χ0) is 28.4. The SMILES string of the molecule is CCOC(=O)c1c(COC(C)=O)c(-c2ccccc2Cl)c(C(=O)OCC)c(C(=O)OCC)c1C(=O)OCC. The number of hydrogen-bond acceptors (Lipinski definition) is 10. The molecule has 0 saturated carbocycles. The Labute approximate surface area is 225 Å². The van der Waals surface area contributed by atoms with Gasteiger partial charge in [0.1, 0.15) is 6.61 Å². The maximum absolute atomic E-state index is 13.5. The van der Waals surface area contributed by atoms with Gasteiger partial charge in [0.05, 0.1) is 48.7 Å². The molecular formula is C27H29ClO10. The predicted molar refractivity (Wildman–Crippen MR) is 136 cm³/mol. The summed E-state index contributed by atoms with van der Waals surface area (Å²) in [7, 11) is 0. The van der Waals surface area contributed by atoms with Crippen LogP contribution in [0.3, 0.4) is 0 Å². The van der Waals surface area contributed by atoms with Crippen molar-refractivity contribution in [2.24, 2.45) is 0 Å². The number of benzene rings is 2. The summed E-state index contributed by atoms with van der Waals surface area (Å²) in [6.07, 6.45) is 0. The lowest BCUT2D eigenvalue weighted by Crippen LogP contribution is -2.27. The fraction of sp³-hybridized carbons (Fsp3) is 0.370. The van der Waals surface area contributed by atoms with Crippen molar-refractivity contribution in [3.05, 3.63) is 57.1 Å². The van der Waals surface area contributed by atoms with E-state index in [0.717, 1.165) is 6.92 Å². The van der Waals surface area contributed by atoms with Crippen molar-refractivity contribution >= 4 is 41.4 Å². The van der Waals surface area contributed by atoms with Gasteiger partial charge in [0.25, 0.3) is 0 Å². The topological polar surface area (TPSA) is 132 Å². The summed E-state index contributed by atoms with van der Waals surface area (Å²) in [6, 6.07) is 6.30. The van der Waals surface area contributed by atoms with Gasteiger partial charge >= 0.3 is 29.8 Å². The standard InChI is InChI=1S/C27H29ClO10/c1-6-34-24(30)20-17(14-38-15(5)29)19(16-12-10-11-13-18(16)28)21(25(31)35-7-2)23(27(33)37-9-4)22(20)26(32)36-8-3/h10-13H,6-9,14H2,1-5H3. The summed E-state index contributed by atoms with van der Waals surface area (Å²) in [5.41, 5.74) is -1.95. The molecule has 0 aliphatic rings. The van der Waals surface area contributed by atoms with Crippen molar-refractivity contribution in [1.82, 2.24) is 0 Å². The largest absolute Gasteiger partial charge is 0.462 e. The molecule has 0 aromatic heterocycles. The Bertz CT molecular complexity index is 1230. The van der Waals surface area contributed by atoms with Gasteiger partial charge < -0.3 is 23.7 Å². The van der Waals surface area contributed by atoms with Crippen molar-refractivity contribution in [1.29, 1.82) is 0 Å². The molecule has 0 spiro atoms. The molecule has 11 heteroatoms. The molecule has 2 rings (SSSR count). The highest BCUT2D eigenvalue weighted by atomic mass is 35.5. The van der Waals surface area contributed by atoms with Crippen LogP contribution in [-0.2, 0) is 35.1 Å². The monoisotopic (exact) mass is 548 g/mol. The van der Waals surface area contributed by atoms with Gasteiger partial charge in [-0.25, -0.2) is 19.2 Å². The molecule has 0 heterocycles. The predicted octanol–water partition coefficient (Wildman–Crippen LogP) is 4.78. The van der Waals surface area contributed by atoms with Gasteiger partial charge in [0.15, 0.2) is 0 Å².